The van der Waals surface area contributed by atoms with Crippen LogP contribution in [0, 0.1) is 0 Å². The third kappa shape index (κ3) is 1580. The van der Waals surface area contributed by atoms with E-state index in [4.69, 9.17) is 9.79 Å². The van der Waals surface area contributed by atoms with Gasteiger partial charge in [0.05, 0.1) is 0 Å². The van der Waals surface area contributed by atoms with E-state index in [1.54, 1.807) is 0 Å². The van der Waals surface area contributed by atoms with Crippen LogP contribution < -0.4 is 0 Å². The fourth-order valence-corrected chi connectivity index (χ4v) is 0. The zero-order valence-electron chi connectivity index (χ0n) is 6.01. The average Bonchev–Trinajstić information content (AvgIpc) is 1.60. The van der Waals surface area contributed by atoms with Crippen LogP contribution in [0.5, 0.6) is 0 Å². The standard InChI is InChI=1S/C2H8Si.2F2HOP/c1-3-2;2*1-4(2)3/h3H2,1-2H3;2*3H. The summed E-state index contributed by atoms with van der Waals surface area (Å²) in [7, 11) is -6.82. The third-order valence-corrected chi connectivity index (χ3v) is 0. The molecule has 9 heteroatoms. The minimum absolute atomic E-state index is 0.417. The summed E-state index contributed by atoms with van der Waals surface area (Å²) >= 11 is 0. The van der Waals surface area contributed by atoms with Crippen molar-refractivity contribution in [1.82, 2.24) is 0 Å². The molecule has 11 heavy (non-hydrogen) atoms. The molecule has 2 N–H and O–H groups in total. The van der Waals surface area contributed by atoms with Crippen LogP contribution in [0.15, 0.2) is 0 Å². The molecule has 0 saturated carbocycles. The molecule has 0 heterocycles. The van der Waals surface area contributed by atoms with Gasteiger partial charge < -0.3 is 9.79 Å². The van der Waals surface area contributed by atoms with Gasteiger partial charge in [0.2, 0.25) is 0 Å². The van der Waals surface area contributed by atoms with Crippen molar-refractivity contribution < 1.29 is 26.6 Å². The molecular formula is C2H10F4O2P2Si. The summed E-state index contributed by atoms with van der Waals surface area (Å²) in [6.07, 6.45) is 0. The molecule has 0 amide bonds. The van der Waals surface area contributed by atoms with Crippen molar-refractivity contribution in [2.75, 3.05) is 0 Å². The largest absolute Gasteiger partial charge is 0.412 e. The Kier molecular flexibility index (Phi) is 27.4. The molecule has 0 spiro atoms. The summed E-state index contributed by atoms with van der Waals surface area (Å²) in [5.74, 6) is 0. The highest BCUT2D eigenvalue weighted by Gasteiger charge is 1.87. The fourth-order valence-electron chi connectivity index (χ4n) is 0. The maximum atomic E-state index is 9.95. The van der Waals surface area contributed by atoms with E-state index >= 15 is 0 Å². The highest BCUT2D eigenvalue weighted by molar-refractivity contribution is 7.39. The van der Waals surface area contributed by atoms with Gasteiger partial charge >= 0.3 is 17.5 Å². The first kappa shape index (κ1) is 17.7. The Labute approximate surface area is 67.6 Å². The lowest BCUT2D eigenvalue weighted by molar-refractivity contribution is 0.502. The lowest BCUT2D eigenvalue weighted by atomic mass is 11.9. The monoisotopic (exact) mass is 232 g/mol. The summed E-state index contributed by atoms with van der Waals surface area (Å²) in [5.41, 5.74) is 0. The third-order valence-electron chi connectivity index (χ3n) is 0. The van der Waals surface area contributed by atoms with Crippen LogP contribution in [0.3, 0.4) is 0 Å². The second-order valence-corrected chi connectivity index (χ2v) is 3.41. The molecule has 0 aromatic rings. The summed E-state index contributed by atoms with van der Waals surface area (Å²) in [6, 6.07) is 0. The minimum atomic E-state index is -3.62. The summed E-state index contributed by atoms with van der Waals surface area (Å²) < 4.78 is 39.8. The first-order chi connectivity index (χ1) is 4.88. The van der Waals surface area contributed by atoms with Gasteiger partial charge in [0.25, 0.3) is 0 Å². The second kappa shape index (κ2) is 17.0. The Morgan fingerprint density at radius 3 is 0.909 bits per heavy atom. The van der Waals surface area contributed by atoms with Crippen molar-refractivity contribution in [3.8, 4) is 0 Å². The number of hydrogen-bond donors (Lipinski definition) is 2. The Morgan fingerprint density at radius 2 is 0.909 bits per heavy atom. The SMILES string of the molecule is C[SiH2]C.OP(F)F.OP(F)F. The Hall–Kier alpha value is 0.717. The van der Waals surface area contributed by atoms with Gasteiger partial charge in [-0.1, -0.05) is 13.1 Å². The molecule has 2 nitrogen and oxygen atoms in total. The molecule has 72 valence electrons. The van der Waals surface area contributed by atoms with Gasteiger partial charge in [-0.3, -0.25) is 0 Å². The van der Waals surface area contributed by atoms with E-state index in [1.165, 1.54) is 0 Å². The van der Waals surface area contributed by atoms with E-state index in [0.29, 0.717) is 9.52 Å². The molecule has 0 atom stereocenters. The quantitative estimate of drug-likeness (QED) is 0.382. The van der Waals surface area contributed by atoms with E-state index in [2.05, 4.69) is 13.1 Å². The molecule has 0 fully saturated rings. The predicted molar refractivity (Wildman–Crippen MR) is 43.0 cm³/mol. The zero-order valence-corrected chi connectivity index (χ0v) is 9.21. The van der Waals surface area contributed by atoms with Crippen molar-refractivity contribution in [2.24, 2.45) is 0 Å². The van der Waals surface area contributed by atoms with Gasteiger partial charge in [0, 0.05) is 9.52 Å². The highest BCUT2D eigenvalue weighted by Crippen LogP contribution is 2.31. The van der Waals surface area contributed by atoms with Crippen LogP contribution in [-0.2, 0) is 0 Å². The molecule has 0 unspecified atom stereocenters. The van der Waals surface area contributed by atoms with Crippen molar-refractivity contribution in [3.63, 3.8) is 0 Å². The van der Waals surface area contributed by atoms with Crippen LogP contribution in [0.4, 0.5) is 16.8 Å². The van der Waals surface area contributed by atoms with E-state index < -0.39 is 17.5 Å². The smallest absolute Gasteiger partial charge is 0.321 e. The molecule has 0 saturated heterocycles. The molecule has 0 aromatic heterocycles. The van der Waals surface area contributed by atoms with Crippen LogP contribution in [0.2, 0.25) is 13.1 Å². The van der Waals surface area contributed by atoms with Crippen LogP contribution in [-0.4, -0.2) is 19.3 Å². The summed E-state index contributed by atoms with van der Waals surface area (Å²) in [5, 5.41) is 0. The van der Waals surface area contributed by atoms with Gasteiger partial charge in [-0.15, -0.1) is 0 Å². The highest BCUT2D eigenvalue weighted by atomic mass is 31.2. The first-order valence-corrected chi connectivity index (χ1v) is 7.47. The second-order valence-electron chi connectivity index (χ2n) is 1.14. The van der Waals surface area contributed by atoms with Crippen LogP contribution >= 0.6 is 17.5 Å². The topological polar surface area (TPSA) is 40.5 Å². The molecule has 0 aromatic carbocycles. The lowest BCUT2D eigenvalue weighted by Gasteiger charge is -1.66. The average molecular weight is 232 g/mol. The maximum absolute atomic E-state index is 9.95. The van der Waals surface area contributed by atoms with Gasteiger partial charge in [-0.2, -0.15) is 16.8 Å². The van der Waals surface area contributed by atoms with Crippen molar-refractivity contribution in [1.29, 1.82) is 0 Å². The van der Waals surface area contributed by atoms with Gasteiger partial charge in [0.1, 0.15) is 0 Å². The van der Waals surface area contributed by atoms with Gasteiger partial charge in [-0.25, -0.2) is 0 Å². The first-order valence-electron chi connectivity index (χ1n) is 2.49. The number of halogens is 4. The Balaban J connectivity index is -0.0000000886. The molecule has 0 rings (SSSR count). The van der Waals surface area contributed by atoms with Crippen LogP contribution in [0.25, 0.3) is 0 Å². The van der Waals surface area contributed by atoms with Gasteiger partial charge in [-0.05, 0) is 0 Å². The number of rotatable bonds is 0. The van der Waals surface area contributed by atoms with Crippen molar-refractivity contribution >= 4 is 27.1 Å². The zero-order chi connectivity index (χ0) is 9.86. The van der Waals surface area contributed by atoms with Crippen molar-refractivity contribution in [2.45, 2.75) is 13.1 Å². The molecular weight excluding hydrogens is 222 g/mol. The fraction of sp³-hybridized carbons (Fsp3) is 1.00. The maximum Gasteiger partial charge on any atom is 0.412 e. The normalized spacial score (nSPS) is 8.18. The Morgan fingerprint density at radius 1 is 0.909 bits per heavy atom. The molecule has 0 aliphatic carbocycles. The van der Waals surface area contributed by atoms with E-state index in [-0.39, 0.29) is 0 Å². The summed E-state index contributed by atoms with van der Waals surface area (Å²) in [4.78, 5) is 13.6. The van der Waals surface area contributed by atoms with E-state index in [1.807, 2.05) is 0 Å². The van der Waals surface area contributed by atoms with Crippen molar-refractivity contribution in [3.05, 3.63) is 0 Å². The molecule has 0 radical (unpaired) electrons. The number of hydrogen-bond acceptors (Lipinski definition) is 2. The predicted octanol–water partition coefficient (Wildman–Crippen LogP) is 2.54. The Bertz CT molecular complexity index is 47.8. The minimum Gasteiger partial charge on any atom is -0.321 e. The lowest BCUT2D eigenvalue weighted by Crippen LogP contribution is -1.53. The van der Waals surface area contributed by atoms with Crippen LogP contribution in [0.1, 0.15) is 0 Å². The molecule has 0 aliphatic rings. The van der Waals surface area contributed by atoms with E-state index in [9.17, 15) is 16.8 Å². The van der Waals surface area contributed by atoms with Gasteiger partial charge in [0.15, 0.2) is 0 Å². The van der Waals surface area contributed by atoms with E-state index in [0.717, 1.165) is 0 Å². The summed E-state index contributed by atoms with van der Waals surface area (Å²) in [6.45, 7) is 4.53. The molecule has 0 bridgehead atoms. The molecule has 0 aliphatic heterocycles.